The predicted molar refractivity (Wildman–Crippen MR) is 120 cm³/mol. The Kier molecular flexibility index (Phi) is 16.2. The quantitative estimate of drug-likeness (QED) is 0.220. The summed E-state index contributed by atoms with van der Waals surface area (Å²) in [5, 5.41) is 37.6. The highest BCUT2D eigenvalue weighted by Crippen LogP contribution is 2.21. The van der Waals surface area contributed by atoms with Gasteiger partial charge in [-0.05, 0) is 19.8 Å². The molecule has 31 heavy (non-hydrogen) atoms. The van der Waals surface area contributed by atoms with Crippen molar-refractivity contribution in [1.29, 1.82) is 0 Å². The number of aliphatic carboxylic acids is 1. The molecule has 1 aliphatic rings. The molecule has 5 unspecified atom stereocenters. The molecule has 1 saturated heterocycles. The van der Waals surface area contributed by atoms with Crippen LogP contribution < -0.4 is 0 Å². The van der Waals surface area contributed by atoms with Crippen molar-refractivity contribution in [1.82, 2.24) is 0 Å². The van der Waals surface area contributed by atoms with Crippen molar-refractivity contribution < 1.29 is 34.7 Å². The van der Waals surface area contributed by atoms with E-state index in [1.807, 2.05) is 0 Å². The Morgan fingerprint density at radius 2 is 1.35 bits per heavy atom. The molecular formula is C24H46O7. The molecule has 1 rings (SSSR count). The van der Waals surface area contributed by atoms with E-state index in [1.165, 1.54) is 57.8 Å². The summed E-state index contributed by atoms with van der Waals surface area (Å²) in [4.78, 5) is 10.5. The van der Waals surface area contributed by atoms with Gasteiger partial charge in [0.25, 0.3) is 0 Å². The second kappa shape index (κ2) is 17.8. The van der Waals surface area contributed by atoms with E-state index in [2.05, 4.69) is 0 Å². The topological polar surface area (TPSA) is 116 Å². The molecule has 0 aromatic rings. The highest BCUT2D eigenvalue weighted by Gasteiger charge is 2.34. The van der Waals surface area contributed by atoms with Gasteiger partial charge in [-0.25, -0.2) is 0 Å². The summed E-state index contributed by atoms with van der Waals surface area (Å²) < 4.78 is 11.1. The van der Waals surface area contributed by atoms with Crippen molar-refractivity contribution >= 4 is 5.97 Å². The lowest BCUT2D eigenvalue weighted by atomic mass is 10.0. The van der Waals surface area contributed by atoms with Gasteiger partial charge in [0.05, 0.1) is 24.7 Å². The number of ether oxygens (including phenoxy) is 2. The zero-order chi connectivity index (χ0) is 22.9. The number of hydrogen-bond acceptors (Lipinski definition) is 6. The molecule has 4 N–H and O–H groups in total. The first kappa shape index (κ1) is 28.3. The Bertz CT molecular complexity index is 446. The molecule has 0 spiro atoms. The molecule has 1 aliphatic heterocycles. The van der Waals surface area contributed by atoms with E-state index in [0.29, 0.717) is 19.4 Å². The van der Waals surface area contributed by atoms with Gasteiger partial charge in [-0.1, -0.05) is 77.0 Å². The summed E-state index contributed by atoms with van der Waals surface area (Å²) >= 11 is 0. The molecule has 7 nitrogen and oxygen atoms in total. The van der Waals surface area contributed by atoms with Crippen LogP contribution >= 0.6 is 0 Å². The second-order valence-corrected chi connectivity index (χ2v) is 9.09. The maximum atomic E-state index is 10.5. The minimum atomic E-state index is -0.927. The van der Waals surface area contributed by atoms with Crippen LogP contribution in [0.1, 0.15) is 110 Å². The molecule has 0 radical (unpaired) electrons. The summed E-state index contributed by atoms with van der Waals surface area (Å²) in [5.41, 5.74) is 0. The molecule has 0 amide bonds. The molecule has 1 fully saturated rings. The van der Waals surface area contributed by atoms with Gasteiger partial charge < -0.3 is 29.9 Å². The van der Waals surface area contributed by atoms with Gasteiger partial charge in [-0.3, -0.25) is 4.79 Å². The largest absolute Gasteiger partial charge is 0.481 e. The fourth-order valence-electron chi connectivity index (χ4n) is 4.02. The number of carbonyl (C=O) groups is 1. The summed E-state index contributed by atoms with van der Waals surface area (Å²) in [6.45, 7) is 2.38. The molecule has 0 bridgehead atoms. The van der Waals surface area contributed by atoms with Crippen LogP contribution in [0.3, 0.4) is 0 Å². The number of unbranched alkanes of at least 4 members (excludes halogenated alkanes) is 12. The highest BCUT2D eigenvalue weighted by atomic mass is 16.7. The minimum absolute atomic E-state index is 0.140. The lowest BCUT2D eigenvalue weighted by Crippen LogP contribution is -2.47. The Balaban J connectivity index is 1.78. The monoisotopic (exact) mass is 446 g/mol. The van der Waals surface area contributed by atoms with Gasteiger partial charge >= 0.3 is 5.97 Å². The first-order valence-corrected chi connectivity index (χ1v) is 12.4. The van der Waals surface area contributed by atoms with Gasteiger partial charge in [0.2, 0.25) is 0 Å². The molecule has 184 valence electrons. The highest BCUT2D eigenvalue weighted by molar-refractivity contribution is 5.67. The number of hydrogen-bond donors (Lipinski definition) is 4. The van der Waals surface area contributed by atoms with E-state index < -0.39 is 30.6 Å². The number of rotatable bonds is 19. The smallest absolute Gasteiger partial charge is 0.305 e. The Morgan fingerprint density at radius 3 is 1.87 bits per heavy atom. The lowest BCUT2D eigenvalue weighted by Gasteiger charge is -2.35. The van der Waals surface area contributed by atoms with E-state index in [0.717, 1.165) is 25.7 Å². The first-order chi connectivity index (χ1) is 14.9. The average Bonchev–Trinajstić information content (AvgIpc) is 2.70. The van der Waals surface area contributed by atoms with E-state index in [-0.39, 0.29) is 12.5 Å². The van der Waals surface area contributed by atoms with Crippen LogP contribution in [0, 0.1) is 0 Å². The van der Waals surface area contributed by atoms with Crippen LogP contribution in [0.5, 0.6) is 0 Å². The van der Waals surface area contributed by atoms with E-state index in [4.69, 9.17) is 14.6 Å². The summed E-state index contributed by atoms with van der Waals surface area (Å²) in [5.74, 6) is -0.927. The Hall–Kier alpha value is -0.730. The Morgan fingerprint density at radius 1 is 0.871 bits per heavy atom. The SMILES string of the molecule is CC1OC(OCCCCCCCCCCCCCCCC(O)CC(=O)O)C(O)CC1O. The third-order valence-electron chi connectivity index (χ3n) is 6.06. The van der Waals surface area contributed by atoms with Gasteiger partial charge in [0.15, 0.2) is 6.29 Å². The van der Waals surface area contributed by atoms with Crippen LogP contribution in [0.15, 0.2) is 0 Å². The zero-order valence-electron chi connectivity index (χ0n) is 19.4. The molecule has 0 aliphatic carbocycles. The fraction of sp³-hybridized carbons (Fsp3) is 0.958. The van der Waals surface area contributed by atoms with Crippen molar-refractivity contribution in [2.45, 2.75) is 140 Å². The van der Waals surface area contributed by atoms with Crippen LogP contribution in [-0.2, 0) is 14.3 Å². The maximum absolute atomic E-state index is 10.5. The number of carboxylic acid groups (broad SMARTS) is 1. The normalized spacial score (nSPS) is 24.9. The van der Waals surface area contributed by atoms with Crippen molar-refractivity contribution in [3.8, 4) is 0 Å². The lowest BCUT2D eigenvalue weighted by molar-refractivity contribution is -0.261. The van der Waals surface area contributed by atoms with Crippen molar-refractivity contribution in [2.75, 3.05) is 6.61 Å². The number of aliphatic hydroxyl groups excluding tert-OH is 3. The van der Waals surface area contributed by atoms with Crippen molar-refractivity contribution in [2.24, 2.45) is 0 Å². The van der Waals surface area contributed by atoms with Crippen molar-refractivity contribution in [3.63, 3.8) is 0 Å². The van der Waals surface area contributed by atoms with Crippen LogP contribution in [0.4, 0.5) is 0 Å². The summed E-state index contributed by atoms with van der Waals surface area (Å²) in [6.07, 6.45) is 13.2. The van der Waals surface area contributed by atoms with Crippen LogP contribution in [0.25, 0.3) is 0 Å². The number of aliphatic hydroxyl groups is 3. The third-order valence-corrected chi connectivity index (χ3v) is 6.06. The molecule has 5 atom stereocenters. The van der Waals surface area contributed by atoms with Gasteiger partial charge in [0, 0.05) is 13.0 Å². The summed E-state index contributed by atoms with van der Waals surface area (Å²) in [6, 6.07) is 0. The van der Waals surface area contributed by atoms with Gasteiger partial charge in [0.1, 0.15) is 6.10 Å². The minimum Gasteiger partial charge on any atom is -0.481 e. The van der Waals surface area contributed by atoms with Gasteiger partial charge in [-0.15, -0.1) is 0 Å². The first-order valence-electron chi connectivity index (χ1n) is 12.4. The van der Waals surface area contributed by atoms with E-state index >= 15 is 0 Å². The molecule has 1 heterocycles. The van der Waals surface area contributed by atoms with E-state index in [1.54, 1.807) is 6.92 Å². The maximum Gasteiger partial charge on any atom is 0.305 e. The third kappa shape index (κ3) is 14.9. The second-order valence-electron chi connectivity index (χ2n) is 9.09. The Labute approximate surface area is 188 Å². The van der Waals surface area contributed by atoms with Crippen molar-refractivity contribution in [3.05, 3.63) is 0 Å². The van der Waals surface area contributed by atoms with E-state index in [9.17, 15) is 20.1 Å². The van der Waals surface area contributed by atoms with Crippen LogP contribution in [0.2, 0.25) is 0 Å². The van der Waals surface area contributed by atoms with Crippen LogP contribution in [-0.4, -0.2) is 63.7 Å². The van der Waals surface area contributed by atoms with Gasteiger partial charge in [-0.2, -0.15) is 0 Å². The zero-order valence-corrected chi connectivity index (χ0v) is 19.4. The fourth-order valence-corrected chi connectivity index (χ4v) is 4.02. The standard InChI is InChI=1S/C24H46O7/c1-19-21(26)18-22(27)24(31-19)30-16-14-12-10-8-6-4-2-3-5-7-9-11-13-15-20(25)17-23(28)29/h19-22,24-27H,2-18H2,1H3,(H,28,29). The molecule has 0 aromatic carbocycles. The molecule has 7 heteroatoms. The predicted octanol–water partition coefficient (Wildman–Crippen LogP) is 4.16. The molecular weight excluding hydrogens is 400 g/mol. The number of carboxylic acids is 1. The summed E-state index contributed by atoms with van der Waals surface area (Å²) in [7, 11) is 0. The molecule has 0 saturated carbocycles. The average molecular weight is 447 g/mol. The molecule has 0 aromatic heterocycles.